The Balaban J connectivity index is 2.13. The van der Waals surface area contributed by atoms with Crippen molar-refractivity contribution in [3.8, 4) is 0 Å². The molecule has 0 aliphatic rings. The lowest BCUT2D eigenvalue weighted by Crippen LogP contribution is -2.52. The monoisotopic (exact) mass is 671 g/mol. The summed E-state index contributed by atoms with van der Waals surface area (Å²) in [7, 11) is -4.31. The van der Waals surface area contributed by atoms with Gasteiger partial charge in [0.2, 0.25) is 11.8 Å². The van der Waals surface area contributed by atoms with E-state index in [1.165, 1.54) is 35.2 Å². The van der Waals surface area contributed by atoms with Crippen LogP contribution in [0.1, 0.15) is 38.3 Å². The second kappa shape index (κ2) is 14.8. The molecule has 1 unspecified atom stereocenters. The van der Waals surface area contributed by atoms with Crippen molar-refractivity contribution in [1.29, 1.82) is 0 Å². The first-order chi connectivity index (χ1) is 19.8. The Bertz CT molecular complexity index is 1510. The minimum absolute atomic E-state index is 0.0196. The van der Waals surface area contributed by atoms with Crippen LogP contribution in [0.5, 0.6) is 0 Å². The van der Waals surface area contributed by atoms with Crippen molar-refractivity contribution in [2.24, 2.45) is 5.92 Å². The molecule has 0 heterocycles. The van der Waals surface area contributed by atoms with E-state index in [0.29, 0.717) is 22.2 Å². The van der Waals surface area contributed by atoms with E-state index in [9.17, 15) is 18.0 Å². The molecule has 0 saturated heterocycles. The number of benzene rings is 3. The number of nitrogens with one attached hydrogen (secondary N) is 1. The SMILES string of the molecule is CCC(C(=O)NCC(C)C)N(Cc1c(Cl)cccc1Cl)C(=O)CN(c1cc(Cl)ccc1Cl)S(=O)(=O)c1ccc(C)cc1. The number of carbonyl (C=O) groups is 2. The first kappa shape index (κ1) is 34.0. The highest BCUT2D eigenvalue weighted by Crippen LogP contribution is 2.34. The van der Waals surface area contributed by atoms with Gasteiger partial charge >= 0.3 is 0 Å². The lowest BCUT2D eigenvalue weighted by molar-refractivity contribution is -0.140. The number of hydrogen-bond donors (Lipinski definition) is 1. The van der Waals surface area contributed by atoms with Crippen molar-refractivity contribution in [2.45, 2.75) is 51.6 Å². The van der Waals surface area contributed by atoms with Gasteiger partial charge in [-0.2, -0.15) is 0 Å². The molecule has 0 aliphatic heterocycles. The molecule has 42 heavy (non-hydrogen) atoms. The molecular weight excluding hydrogens is 640 g/mol. The third kappa shape index (κ3) is 8.32. The van der Waals surface area contributed by atoms with Crippen molar-refractivity contribution < 1.29 is 18.0 Å². The Kier molecular flexibility index (Phi) is 12.0. The third-order valence-electron chi connectivity index (χ3n) is 6.53. The highest BCUT2D eigenvalue weighted by molar-refractivity contribution is 7.92. The molecule has 0 radical (unpaired) electrons. The minimum atomic E-state index is -4.31. The molecule has 226 valence electrons. The fraction of sp³-hybridized carbons (Fsp3) is 0.333. The lowest BCUT2D eigenvalue weighted by atomic mass is 10.1. The summed E-state index contributed by atoms with van der Waals surface area (Å²) in [5, 5.41) is 3.79. The number of sulfonamides is 1. The molecule has 3 aromatic carbocycles. The van der Waals surface area contributed by atoms with Crippen molar-refractivity contribution in [1.82, 2.24) is 10.2 Å². The molecule has 0 bridgehead atoms. The molecule has 7 nitrogen and oxygen atoms in total. The number of halogens is 4. The highest BCUT2D eigenvalue weighted by atomic mass is 35.5. The van der Waals surface area contributed by atoms with E-state index in [1.807, 2.05) is 20.8 Å². The van der Waals surface area contributed by atoms with E-state index in [4.69, 9.17) is 46.4 Å². The van der Waals surface area contributed by atoms with Crippen LogP contribution < -0.4 is 9.62 Å². The molecule has 2 amide bonds. The summed E-state index contributed by atoms with van der Waals surface area (Å²) in [6.07, 6.45) is 0.250. The Morgan fingerprint density at radius 1 is 0.905 bits per heavy atom. The molecular formula is C30H33Cl4N3O4S. The van der Waals surface area contributed by atoms with Crippen LogP contribution in [0.2, 0.25) is 20.1 Å². The van der Waals surface area contributed by atoms with Gasteiger partial charge in [0.15, 0.2) is 0 Å². The van der Waals surface area contributed by atoms with Crippen LogP contribution in [0.25, 0.3) is 0 Å². The quantitative estimate of drug-likeness (QED) is 0.218. The number of carbonyl (C=O) groups excluding carboxylic acids is 2. The van der Waals surface area contributed by atoms with Crippen molar-refractivity contribution >= 4 is 73.9 Å². The normalized spacial score (nSPS) is 12.2. The van der Waals surface area contributed by atoms with Gasteiger partial charge in [-0.05, 0) is 61.7 Å². The second-order valence-electron chi connectivity index (χ2n) is 10.2. The topological polar surface area (TPSA) is 86.8 Å². The van der Waals surface area contributed by atoms with E-state index < -0.39 is 28.5 Å². The maximum Gasteiger partial charge on any atom is 0.264 e. The second-order valence-corrected chi connectivity index (χ2v) is 13.7. The van der Waals surface area contributed by atoms with Crippen LogP contribution in [0.15, 0.2) is 65.6 Å². The summed E-state index contributed by atoms with van der Waals surface area (Å²) in [5.74, 6) is -0.866. The first-order valence-corrected chi connectivity index (χ1v) is 16.3. The molecule has 0 saturated carbocycles. The number of amides is 2. The van der Waals surface area contributed by atoms with Gasteiger partial charge in [0.1, 0.15) is 12.6 Å². The Hall–Kier alpha value is -2.49. The van der Waals surface area contributed by atoms with Crippen molar-refractivity contribution in [3.63, 3.8) is 0 Å². The third-order valence-corrected chi connectivity index (χ3v) is 9.56. The van der Waals surface area contributed by atoms with Crippen LogP contribution in [-0.2, 0) is 26.2 Å². The van der Waals surface area contributed by atoms with Crippen molar-refractivity contribution in [3.05, 3.63) is 91.9 Å². The standard InChI is InChI=1S/C30H33Cl4N3O4S/c1-5-27(30(39)35-16-19(2)3)36(17-23-24(32)7-6-8-25(23)33)29(38)18-37(28-15-21(31)11-14-26(28)34)42(40,41)22-12-9-20(4)10-13-22/h6-15,19,27H,5,16-18H2,1-4H3,(H,35,39). The van der Waals surface area contributed by atoms with Crippen molar-refractivity contribution in [2.75, 3.05) is 17.4 Å². The minimum Gasteiger partial charge on any atom is -0.354 e. The van der Waals surface area contributed by atoms with E-state index in [2.05, 4.69) is 5.32 Å². The molecule has 3 rings (SSSR count). The van der Waals surface area contributed by atoms with E-state index in [0.717, 1.165) is 9.87 Å². The van der Waals surface area contributed by atoms with E-state index in [1.54, 1.807) is 37.3 Å². The van der Waals surface area contributed by atoms with Crippen LogP contribution in [0.3, 0.4) is 0 Å². The van der Waals surface area contributed by atoms with Gasteiger partial charge in [-0.15, -0.1) is 0 Å². The zero-order chi connectivity index (χ0) is 31.2. The predicted molar refractivity (Wildman–Crippen MR) is 171 cm³/mol. The van der Waals surface area contributed by atoms with Gasteiger partial charge in [-0.25, -0.2) is 8.42 Å². The molecule has 0 spiro atoms. The number of aryl methyl sites for hydroxylation is 1. The maximum atomic E-state index is 14.2. The summed E-state index contributed by atoms with van der Waals surface area (Å²) in [5.41, 5.74) is 1.31. The van der Waals surface area contributed by atoms with Gasteiger partial charge in [-0.1, -0.05) is 90.9 Å². The molecule has 0 fully saturated rings. The zero-order valence-electron chi connectivity index (χ0n) is 23.7. The molecule has 1 atom stereocenters. The lowest BCUT2D eigenvalue weighted by Gasteiger charge is -2.34. The fourth-order valence-electron chi connectivity index (χ4n) is 4.22. The highest BCUT2D eigenvalue weighted by Gasteiger charge is 2.35. The summed E-state index contributed by atoms with van der Waals surface area (Å²) in [6, 6.07) is 14.6. The smallest absolute Gasteiger partial charge is 0.264 e. The van der Waals surface area contributed by atoms with Gasteiger partial charge in [0, 0.05) is 33.7 Å². The summed E-state index contributed by atoms with van der Waals surface area (Å²) < 4.78 is 28.9. The number of rotatable bonds is 12. The molecule has 12 heteroatoms. The fourth-order valence-corrected chi connectivity index (χ4v) is 6.60. The number of hydrogen-bond acceptors (Lipinski definition) is 4. The van der Waals surface area contributed by atoms with Crippen LogP contribution in [0, 0.1) is 12.8 Å². The Labute approximate surface area is 267 Å². The molecule has 3 aromatic rings. The largest absolute Gasteiger partial charge is 0.354 e. The summed E-state index contributed by atoms with van der Waals surface area (Å²) in [4.78, 5) is 28.8. The van der Waals surface area contributed by atoms with Gasteiger partial charge < -0.3 is 10.2 Å². The van der Waals surface area contributed by atoms with Gasteiger partial charge in [0.25, 0.3) is 10.0 Å². The zero-order valence-corrected chi connectivity index (χ0v) is 27.5. The number of nitrogens with zero attached hydrogens (tertiary/aromatic N) is 2. The van der Waals surface area contributed by atoms with E-state index >= 15 is 0 Å². The molecule has 0 aromatic heterocycles. The van der Waals surface area contributed by atoms with E-state index in [-0.39, 0.29) is 45.4 Å². The maximum absolute atomic E-state index is 14.2. The molecule has 1 N–H and O–H groups in total. The van der Waals surface area contributed by atoms with Crippen LogP contribution in [0.4, 0.5) is 5.69 Å². The van der Waals surface area contributed by atoms with Gasteiger partial charge in [0.05, 0.1) is 15.6 Å². The number of anilines is 1. The average molecular weight is 673 g/mol. The summed E-state index contributed by atoms with van der Waals surface area (Å²) in [6.45, 7) is 7.10. The van der Waals surface area contributed by atoms with Gasteiger partial charge in [-0.3, -0.25) is 13.9 Å². The average Bonchev–Trinajstić information content (AvgIpc) is 2.93. The summed E-state index contributed by atoms with van der Waals surface area (Å²) >= 11 is 25.6. The molecule has 0 aliphatic carbocycles. The first-order valence-electron chi connectivity index (χ1n) is 13.3. The predicted octanol–water partition coefficient (Wildman–Crippen LogP) is 7.38. The van der Waals surface area contributed by atoms with Crippen LogP contribution >= 0.6 is 46.4 Å². The Morgan fingerprint density at radius 2 is 1.52 bits per heavy atom. The Morgan fingerprint density at radius 3 is 2.10 bits per heavy atom. The van der Waals surface area contributed by atoms with Crippen LogP contribution in [-0.4, -0.2) is 44.3 Å².